The van der Waals surface area contributed by atoms with Crippen LogP contribution in [0.4, 0.5) is 0 Å². The number of amides is 1. The molecule has 5 heteroatoms. The summed E-state index contributed by atoms with van der Waals surface area (Å²) in [6, 6.07) is 10.2. The van der Waals surface area contributed by atoms with Crippen molar-refractivity contribution in [1.82, 2.24) is 20.2 Å². The van der Waals surface area contributed by atoms with Crippen LogP contribution in [0.2, 0.25) is 0 Å². The van der Waals surface area contributed by atoms with E-state index in [0.29, 0.717) is 26.1 Å². The van der Waals surface area contributed by atoms with Crippen molar-refractivity contribution in [3.8, 4) is 5.69 Å². The molecule has 112 valence electrons. The minimum absolute atomic E-state index is 0.0812. The number of carbonyl (C=O) groups excluding carboxylic acids is 1. The average Bonchev–Trinajstić information content (AvgIpc) is 2.86. The predicted molar refractivity (Wildman–Crippen MR) is 83.3 cm³/mol. The summed E-state index contributed by atoms with van der Waals surface area (Å²) in [6.07, 6.45) is 2.37. The average molecular weight is 286 g/mol. The van der Waals surface area contributed by atoms with E-state index >= 15 is 0 Å². The lowest BCUT2D eigenvalue weighted by Gasteiger charge is -2.11. The van der Waals surface area contributed by atoms with E-state index < -0.39 is 0 Å². The molecule has 1 aromatic heterocycles. The normalized spacial score (nSPS) is 10.6. The predicted octanol–water partition coefficient (Wildman–Crippen LogP) is 1.80. The number of aromatic nitrogens is 2. The van der Waals surface area contributed by atoms with E-state index in [9.17, 15) is 4.79 Å². The molecule has 2 aromatic rings. The van der Waals surface area contributed by atoms with Crippen molar-refractivity contribution in [2.75, 3.05) is 13.1 Å². The van der Waals surface area contributed by atoms with E-state index in [0.717, 1.165) is 17.2 Å². The number of hydrogen-bond acceptors (Lipinski definition) is 3. The summed E-state index contributed by atoms with van der Waals surface area (Å²) in [6.45, 7) is 5.94. The van der Waals surface area contributed by atoms with Gasteiger partial charge in [-0.05, 0) is 26.0 Å². The summed E-state index contributed by atoms with van der Waals surface area (Å²) in [5.41, 5.74) is 2.20. The third kappa shape index (κ3) is 4.16. The lowest BCUT2D eigenvalue weighted by atomic mass is 10.3. The van der Waals surface area contributed by atoms with E-state index in [2.05, 4.69) is 32.3 Å². The van der Waals surface area contributed by atoms with Gasteiger partial charge in [-0.3, -0.25) is 9.36 Å². The van der Waals surface area contributed by atoms with Crippen molar-refractivity contribution in [2.45, 2.75) is 26.8 Å². The highest BCUT2D eigenvalue weighted by molar-refractivity contribution is 5.75. The van der Waals surface area contributed by atoms with Crippen molar-refractivity contribution >= 4 is 5.91 Å². The van der Waals surface area contributed by atoms with Crippen LogP contribution in [0, 0.1) is 6.92 Å². The van der Waals surface area contributed by atoms with Gasteiger partial charge in [-0.25, -0.2) is 4.98 Å². The zero-order valence-corrected chi connectivity index (χ0v) is 12.6. The van der Waals surface area contributed by atoms with E-state index in [1.54, 1.807) is 0 Å². The van der Waals surface area contributed by atoms with Gasteiger partial charge in [-0.2, -0.15) is 0 Å². The third-order valence-electron chi connectivity index (χ3n) is 3.23. The summed E-state index contributed by atoms with van der Waals surface area (Å²) < 4.78 is 2.12. The molecule has 0 saturated carbocycles. The van der Waals surface area contributed by atoms with Crippen molar-refractivity contribution in [3.63, 3.8) is 0 Å². The van der Waals surface area contributed by atoms with Crippen LogP contribution in [-0.2, 0) is 11.3 Å². The molecule has 21 heavy (non-hydrogen) atoms. The second-order valence-corrected chi connectivity index (χ2v) is 4.85. The molecule has 0 fully saturated rings. The first-order valence-electron chi connectivity index (χ1n) is 7.28. The second kappa shape index (κ2) is 7.59. The van der Waals surface area contributed by atoms with Crippen molar-refractivity contribution in [1.29, 1.82) is 0 Å². The maximum absolute atomic E-state index is 11.4. The summed E-state index contributed by atoms with van der Waals surface area (Å²) in [4.78, 5) is 15.8. The Kier molecular flexibility index (Phi) is 5.51. The van der Waals surface area contributed by atoms with E-state index in [-0.39, 0.29) is 5.91 Å². The molecule has 0 aliphatic rings. The number of benzene rings is 1. The molecule has 0 saturated heterocycles. The van der Waals surface area contributed by atoms with Gasteiger partial charge in [0.1, 0.15) is 5.82 Å². The number of imidazole rings is 1. The molecule has 0 atom stereocenters. The summed E-state index contributed by atoms with van der Waals surface area (Å²) in [5, 5.41) is 6.08. The number of rotatable bonds is 7. The molecule has 1 amide bonds. The van der Waals surface area contributed by atoms with Crippen LogP contribution in [0.5, 0.6) is 0 Å². The van der Waals surface area contributed by atoms with Crippen LogP contribution in [0.3, 0.4) is 0 Å². The molecule has 5 nitrogen and oxygen atoms in total. The molecule has 2 N–H and O–H groups in total. The Labute approximate surface area is 125 Å². The zero-order chi connectivity index (χ0) is 15.1. The first kappa shape index (κ1) is 15.3. The lowest BCUT2D eigenvalue weighted by Crippen LogP contribution is -2.27. The van der Waals surface area contributed by atoms with Gasteiger partial charge in [-0.15, -0.1) is 0 Å². The highest BCUT2D eigenvalue weighted by Gasteiger charge is 2.08. The second-order valence-electron chi connectivity index (χ2n) is 4.85. The molecular formula is C16H22N4O. The first-order valence-corrected chi connectivity index (χ1v) is 7.28. The SMILES string of the molecule is CCNC(=O)CCNCc1cnc(C)n1-c1ccccc1. The number of hydrogen-bond donors (Lipinski definition) is 2. The minimum atomic E-state index is 0.0812. The molecule has 0 bridgehead atoms. The maximum Gasteiger partial charge on any atom is 0.221 e. The monoisotopic (exact) mass is 286 g/mol. The Balaban J connectivity index is 1.94. The van der Waals surface area contributed by atoms with Crippen LogP contribution < -0.4 is 10.6 Å². The topological polar surface area (TPSA) is 59.0 Å². The first-order chi connectivity index (χ1) is 10.2. The molecule has 0 unspecified atom stereocenters. The molecular weight excluding hydrogens is 264 g/mol. The van der Waals surface area contributed by atoms with Crippen LogP contribution in [0.25, 0.3) is 5.69 Å². The highest BCUT2D eigenvalue weighted by Crippen LogP contribution is 2.14. The Hall–Kier alpha value is -2.14. The van der Waals surface area contributed by atoms with Crippen molar-refractivity contribution in [3.05, 3.63) is 48.0 Å². The molecule has 0 radical (unpaired) electrons. The molecule has 0 spiro atoms. The summed E-state index contributed by atoms with van der Waals surface area (Å²) in [7, 11) is 0. The fraction of sp³-hybridized carbons (Fsp3) is 0.375. The molecule has 0 aliphatic carbocycles. The fourth-order valence-electron chi connectivity index (χ4n) is 2.25. The van der Waals surface area contributed by atoms with Gasteiger partial charge in [0, 0.05) is 31.7 Å². The Morgan fingerprint density at radius 1 is 1.29 bits per heavy atom. The number of nitrogens with zero attached hydrogens (tertiary/aromatic N) is 2. The van der Waals surface area contributed by atoms with Gasteiger partial charge in [0.25, 0.3) is 0 Å². The molecule has 1 aromatic carbocycles. The quantitative estimate of drug-likeness (QED) is 0.763. The third-order valence-corrected chi connectivity index (χ3v) is 3.23. The Morgan fingerprint density at radius 3 is 2.76 bits per heavy atom. The maximum atomic E-state index is 11.4. The standard InChI is InChI=1S/C16H22N4O/c1-3-18-16(21)9-10-17-11-15-12-19-13(2)20(15)14-7-5-4-6-8-14/h4-8,12,17H,3,9-11H2,1-2H3,(H,18,21). The summed E-state index contributed by atoms with van der Waals surface area (Å²) in [5.74, 6) is 1.04. The van der Waals surface area contributed by atoms with Crippen molar-refractivity contribution in [2.24, 2.45) is 0 Å². The smallest absolute Gasteiger partial charge is 0.221 e. The zero-order valence-electron chi connectivity index (χ0n) is 12.6. The van der Waals surface area contributed by atoms with Gasteiger partial charge >= 0.3 is 0 Å². The fourth-order valence-corrected chi connectivity index (χ4v) is 2.25. The molecule has 1 heterocycles. The summed E-state index contributed by atoms with van der Waals surface area (Å²) >= 11 is 0. The van der Waals surface area contributed by atoms with Crippen molar-refractivity contribution < 1.29 is 4.79 Å². The van der Waals surface area contributed by atoms with Crippen LogP contribution in [0.15, 0.2) is 36.5 Å². The minimum Gasteiger partial charge on any atom is -0.356 e. The number of aryl methyl sites for hydroxylation is 1. The van der Waals surface area contributed by atoms with Gasteiger partial charge in [0.15, 0.2) is 0 Å². The van der Waals surface area contributed by atoms with Crippen LogP contribution >= 0.6 is 0 Å². The van der Waals surface area contributed by atoms with Crippen LogP contribution in [0.1, 0.15) is 24.9 Å². The van der Waals surface area contributed by atoms with Gasteiger partial charge in [0.05, 0.1) is 11.9 Å². The number of nitrogens with one attached hydrogen (secondary N) is 2. The van der Waals surface area contributed by atoms with E-state index in [1.807, 2.05) is 38.2 Å². The van der Waals surface area contributed by atoms with Gasteiger partial charge in [-0.1, -0.05) is 18.2 Å². The molecule has 2 rings (SSSR count). The molecule has 0 aliphatic heterocycles. The van der Waals surface area contributed by atoms with E-state index in [1.165, 1.54) is 0 Å². The van der Waals surface area contributed by atoms with E-state index in [4.69, 9.17) is 0 Å². The Bertz CT molecular complexity index is 577. The van der Waals surface area contributed by atoms with Gasteiger partial charge < -0.3 is 10.6 Å². The van der Waals surface area contributed by atoms with Crippen LogP contribution in [-0.4, -0.2) is 28.5 Å². The lowest BCUT2D eigenvalue weighted by molar-refractivity contribution is -0.120. The largest absolute Gasteiger partial charge is 0.356 e. The van der Waals surface area contributed by atoms with Gasteiger partial charge in [0.2, 0.25) is 5.91 Å². The highest BCUT2D eigenvalue weighted by atomic mass is 16.1. The Morgan fingerprint density at radius 2 is 2.05 bits per heavy atom. The number of carbonyl (C=O) groups is 1. The number of para-hydroxylation sites is 1.